The number of benzene rings is 1. The number of carbonyl (C=O) groups excluding carboxylic acids is 2. The number of carbonyl (C=O) groups is 3. The third kappa shape index (κ3) is 6.37. The predicted molar refractivity (Wildman–Crippen MR) is 69.0 cm³/mol. The molecule has 0 saturated carbocycles. The summed E-state index contributed by atoms with van der Waals surface area (Å²) in [6, 6.07) is 3.89. The van der Waals surface area contributed by atoms with Crippen LogP contribution in [0.2, 0.25) is 0 Å². The van der Waals surface area contributed by atoms with Crippen LogP contribution in [0.15, 0.2) is 24.3 Å². The van der Waals surface area contributed by atoms with Gasteiger partial charge in [-0.2, -0.15) is 13.2 Å². The molecule has 0 bridgehead atoms. The number of alkyl halides is 3. The highest BCUT2D eigenvalue weighted by Gasteiger charge is 2.30. The van der Waals surface area contributed by atoms with E-state index in [0.29, 0.717) is 0 Å². The molecule has 0 aliphatic carbocycles. The average molecular weight is 334 g/mol. The normalized spacial score (nSPS) is 12.3. The van der Waals surface area contributed by atoms with E-state index >= 15 is 0 Å². The second kappa shape index (κ2) is 7.61. The number of aliphatic carboxylic acids is 1. The minimum Gasteiger partial charge on any atom is -0.481 e. The van der Waals surface area contributed by atoms with Gasteiger partial charge in [0.1, 0.15) is 6.61 Å². The van der Waals surface area contributed by atoms with Gasteiger partial charge in [0.2, 0.25) is 6.10 Å². The number of hydrogen-bond donors (Lipinski definition) is 1. The summed E-state index contributed by atoms with van der Waals surface area (Å²) in [5, 5.41) is 8.63. The molecule has 0 unspecified atom stereocenters. The maximum atomic E-state index is 12.4. The van der Waals surface area contributed by atoms with E-state index in [0.717, 1.165) is 31.2 Å². The second-order valence-electron chi connectivity index (χ2n) is 4.50. The molecule has 6 nitrogen and oxygen atoms in total. The molecule has 1 rings (SSSR count). The molecule has 1 aromatic rings. The Morgan fingerprint density at radius 3 is 2.17 bits per heavy atom. The number of ether oxygens (including phenoxy) is 2. The monoisotopic (exact) mass is 334 g/mol. The van der Waals surface area contributed by atoms with Crippen molar-refractivity contribution in [3.05, 3.63) is 35.4 Å². The van der Waals surface area contributed by atoms with Crippen LogP contribution in [-0.4, -0.2) is 29.1 Å². The third-order valence-electron chi connectivity index (χ3n) is 2.59. The smallest absolute Gasteiger partial charge is 0.416 e. The Balaban J connectivity index is 2.66. The van der Waals surface area contributed by atoms with Crippen LogP contribution < -0.4 is 0 Å². The largest absolute Gasteiger partial charge is 0.481 e. The number of halogens is 3. The van der Waals surface area contributed by atoms with E-state index in [9.17, 15) is 27.6 Å². The van der Waals surface area contributed by atoms with Crippen LogP contribution in [0.1, 0.15) is 24.5 Å². The van der Waals surface area contributed by atoms with Gasteiger partial charge in [-0.1, -0.05) is 12.1 Å². The highest BCUT2D eigenvalue weighted by atomic mass is 19.4. The van der Waals surface area contributed by atoms with Crippen molar-refractivity contribution in [2.75, 3.05) is 0 Å². The van der Waals surface area contributed by atoms with Gasteiger partial charge in [0.15, 0.2) is 0 Å². The van der Waals surface area contributed by atoms with Gasteiger partial charge in [-0.15, -0.1) is 0 Å². The van der Waals surface area contributed by atoms with Crippen LogP contribution in [0.4, 0.5) is 13.2 Å². The third-order valence-corrected chi connectivity index (χ3v) is 2.59. The van der Waals surface area contributed by atoms with Crippen molar-refractivity contribution in [3.63, 3.8) is 0 Å². The molecule has 1 aromatic carbocycles. The predicted octanol–water partition coefficient (Wildman–Crippen LogP) is 2.15. The molecule has 0 fully saturated rings. The first-order valence-corrected chi connectivity index (χ1v) is 6.31. The van der Waals surface area contributed by atoms with Crippen molar-refractivity contribution in [2.45, 2.75) is 32.2 Å². The van der Waals surface area contributed by atoms with E-state index in [4.69, 9.17) is 9.84 Å². The van der Waals surface area contributed by atoms with Gasteiger partial charge in [-0.3, -0.25) is 9.59 Å². The molecule has 0 spiro atoms. The summed E-state index contributed by atoms with van der Waals surface area (Å²) in [6.07, 6.45) is -6.86. The summed E-state index contributed by atoms with van der Waals surface area (Å²) in [6.45, 7) is 0.617. The van der Waals surface area contributed by atoms with E-state index in [1.54, 1.807) is 0 Å². The topological polar surface area (TPSA) is 89.9 Å². The lowest BCUT2D eigenvalue weighted by Crippen LogP contribution is -2.30. The van der Waals surface area contributed by atoms with Gasteiger partial charge in [0, 0.05) is 6.92 Å². The van der Waals surface area contributed by atoms with Crippen molar-refractivity contribution < 1.29 is 42.1 Å². The quantitative estimate of drug-likeness (QED) is 0.802. The highest BCUT2D eigenvalue weighted by Crippen LogP contribution is 2.29. The van der Waals surface area contributed by atoms with Crippen LogP contribution in [0.5, 0.6) is 0 Å². The molecule has 9 heteroatoms. The molecule has 1 N–H and O–H groups in total. The van der Waals surface area contributed by atoms with Gasteiger partial charge >= 0.3 is 24.1 Å². The molecule has 23 heavy (non-hydrogen) atoms. The maximum Gasteiger partial charge on any atom is 0.416 e. The van der Waals surface area contributed by atoms with Gasteiger partial charge in [-0.25, -0.2) is 4.79 Å². The lowest BCUT2D eigenvalue weighted by atomic mass is 10.1. The van der Waals surface area contributed by atoms with Gasteiger partial charge in [0.25, 0.3) is 0 Å². The highest BCUT2D eigenvalue weighted by molar-refractivity contribution is 5.83. The fraction of sp³-hybridized carbons (Fsp3) is 0.357. The molecule has 0 saturated heterocycles. The number of esters is 2. The lowest BCUT2D eigenvalue weighted by Gasteiger charge is -2.14. The Labute approximate surface area is 128 Å². The van der Waals surface area contributed by atoms with Gasteiger partial charge < -0.3 is 14.6 Å². The molecular formula is C14H13F3O6. The first kappa shape index (κ1) is 18.5. The molecule has 0 aliphatic heterocycles. The zero-order valence-electron chi connectivity index (χ0n) is 11.9. The summed E-state index contributed by atoms with van der Waals surface area (Å²) < 4.78 is 46.5. The maximum absolute atomic E-state index is 12.4. The van der Waals surface area contributed by atoms with Crippen LogP contribution in [0.3, 0.4) is 0 Å². The number of carboxylic acid groups (broad SMARTS) is 1. The summed E-state index contributed by atoms with van der Waals surface area (Å²) >= 11 is 0. The summed E-state index contributed by atoms with van der Waals surface area (Å²) in [4.78, 5) is 33.1. The molecule has 1 atom stereocenters. The molecule has 126 valence electrons. The van der Waals surface area contributed by atoms with Crippen molar-refractivity contribution in [2.24, 2.45) is 0 Å². The second-order valence-corrected chi connectivity index (χ2v) is 4.50. The van der Waals surface area contributed by atoms with Crippen molar-refractivity contribution >= 4 is 17.9 Å². The Morgan fingerprint density at radius 1 is 1.17 bits per heavy atom. The summed E-state index contributed by atoms with van der Waals surface area (Å²) in [5.41, 5.74) is -0.584. The van der Waals surface area contributed by atoms with E-state index in [1.165, 1.54) is 0 Å². The van der Waals surface area contributed by atoms with Crippen molar-refractivity contribution in [3.8, 4) is 0 Å². The average Bonchev–Trinajstić information content (AvgIpc) is 2.42. The van der Waals surface area contributed by atoms with E-state index in [1.807, 2.05) is 0 Å². The Bertz CT molecular complexity index is 563. The van der Waals surface area contributed by atoms with Crippen LogP contribution in [0.25, 0.3) is 0 Å². The minimum absolute atomic E-state index is 0.267. The molecule has 0 aliphatic rings. The molecule has 0 radical (unpaired) electrons. The zero-order valence-corrected chi connectivity index (χ0v) is 11.9. The van der Waals surface area contributed by atoms with Crippen molar-refractivity contribution in [1.82, 2.24) is 0 Å². The molecular weight excluding hydrogens is 321 g/mol. The van der Waals surface area contributed by atoms with Gasteiger partial charge in [-0.05, 0) is 17.7 Å². The van der Waals surface area contributed by atoms with Crippen LogP contribution in [0, 0.1) is 0 Å². The number of hydrogen-bond acceptors (Lipinski definition) is 5. The van der Waals surface area contributed by atoms with Crippen molar-refractivity contribution in [1.29, 1.82) is 0 Å². The first-order valence-electron chi connectivity index (χ1n) is 6.31. The Hall–Kier alpha value is -2.58. The van der Waals surface area contributed by atoms with Gasteiger partial charge in [0.05, 0.1) is 12.0 Å². The Morgan fingerprint density at radius 2 is 1.74 bits per heavy atom. The number of carboxylic acids is 1. The van der Waals surface area contributed by atoms with Crippen LogP contribution >= 0.6 is 0 Å². The van der Waals surface area contributed by atoms with E-state index < -0.39 is 42.2 Å². The fourth-order valence-corrected chi connectivity index (χ4v) is 1.57. The lowest BCUT2D eigenvalue weighted by molar-refractivity contribution is -0.170. The molecule has 0 heterocycles. The minimum atomic E-state index is -4.48. The summed E-state index contributed by atoms with van der Waals surface area (Å²) in [7, 11) is 0. The summed E-state index contributed by atoms with van der Waals surface area (Å²) in [5.74, 6) is -3.33. The molecule has 0 aromatic heterocycles. The Kier molecular flexibility index (Phi) is 6.11. The first-order chi connectivity index (χ1) is 10.6. The standard InChI is InChI=1S/C14H13F3O6/c1-8(18)23-11(6-12(19)20)13(21)22-7-9-2-4-10(5-3-9)14(15,16)17/h2-5,11H,6-7H2,1H3,(H,19,20)/t11-/m0/s1. The zero-order chi connectivity index (χ0) is 17.6. The van der Waals surface area contributed by atoms with E-state index in [-0.39, 0.29) is 12.2 Å². The van der Waals surface area contributed by atoms with Crippen LogP contribution in [-0.2, 0) is 36.6 Å². The SMILES string of the molecule is CC(=O)O[C@@H](CC(=O)O)C(=O)OCc1ccc(C(F)(F)F)cc1. The van der Waals surface area contributed by atoms with E-state index in [2.05, 4.69) is 4.74 Å². The molecule has 0 amide bonds. The number of rotatable bonds is 6. The fourth-order valence-electron chi connectivity index (χ4n) is 1.57.